The van der Waals surface area contributed by atoms with E-state index in [1.807, 2.05) is 0 Å². The van der Waals surface area contributed by atoms with Gasteiger partial charge in [0.15, 0.2) is 0 Å². The maximum absolute atomic E-state index is 10.9. The zero-order chi connectivity index (χ0) is 11.6. The molecule has 0 heterocycles. The lowest BCUT2D eigenvalue weighted by Gasteiger charge is -2.19. The lowest BCUT2D eigenvalue weighted by atomic mass is 9.92. The minimum Gasteiger partial charge on any atom is -0.478 e. The summed E-state index contributed by atoms with van der Waals surface area (Å²) in [7, 11) is 0. The molecule has 1 unspecified atom stereocenters. The number of hydrogen-bond acceptors (Lipinski definition) is 3. The molecule has 0 bridgehead atoms. The number of nitrogens with two attached hydrogens (primary N) is 1. The number of amides is 1. The van der Waals surface area contributed by atoms with Gasteiger partial charge in [0.2, 0.25) is 0 Å². The summed E-state index contributed by atoms with van der Waals surface area (Å²) in [5.41, 5.74) is 3.05. The first-order valence-corrected chi connectivity index (χ1v) is 4.22. The second-order valence-corrected chi connectivity index (χ2v) is 3.25. The van der Waals surface area contributed by atoms with E-state index >= 15 is 0 Å². The lowest BCUT2D eigenvalue weighted by molar-refractivity contribution is -0.166. The normalized spacial score (nSPS) is 14.3. The van der Waals surface area contributed by atoms with Crippen LogP contribution in [0.5, 0.6) is 0 Å². The molecular formula is C10H11NO4. The van der Waals surface area contributed by atoms with Crippen LogP contribution in [0.1, 0.15) is 11.1 Å². The summed E-state index contributed by atoms with van der Waals surface area (Å²) in [5.74, 6) is -2.99. The van der Waals surface area contributed by atoms with Crippen LogP contribution in [0.2, 0.25) is 0 Å². The van der Waals surface area contributed by atoms with E-state index in [0.29, 0.717) is 0 Å². The fraction of sp³-hybridized carbons (Fsp3) is 0.200. The van der Waals surface area contributed by atoms with Crippen molar-refractivity contribution in [1.29, 1.82) is 0 Å². The molecule has 0 fully saturated rings. The minimum atomic E-state index is -2.66. The Balaban J connectivity index is 3.28. The van der Waals surface area contributed by atoms with Crippen LogP contribution < -0.4 is 5.73 Å². The molecule has 0 aromatic heterocycles. The number of carboxylic acids is 1. The Kier molecular flexibility index (Phi) is 2.76. The first kappa shape index (κ1) is 11.2. The quantitative estimate of drug-likeness (QED) is 0.597. The number of carbonyl (C=O) groups excluding carboxylic acids is 1. The van der Waals surface area contributed by atoms with Gasteiger partial charge in [-0.1, -0.05) is 29.8 Å². The molecule has 1 aromatic rings. The van der Waals surface area contributed by atoms with Gasteiger partial charge in [-0.05, 0) is 6.92 Å². The summed E-state index contributed by atoms with van der Waals surface area (Å²) in [6, 6.07) is 5.89. The topological polar surface area (TPSA) is 101 Å². The van der Waals surface area contributed by atoms with Crippen molar-refractivity contribution in [3.05, 3.63) is 35.4 Å². The smallest absolute Gasteiger partial charge is 0.350 e. The van der Waals surface area contributed by atoms with E-state index in [9.17, 15) is 14.7 Å². The van der Waals surface area contributed by atoms with E-state index in [1.54, 1.807) is 19.1 Å². The van der Waals surface area contributed by atoms with Crippen molar-refractivity contribution in [3.8, 4) is 0 Å². The molecule has 0 saturated carbocycles. The van der Waals surface area contributed by atoms with Crippen LogP contribution in [-0.4, -0.2) is 22.1 Å². The number of aryl methyl sites for hydroxylation is 1. The lowest BCUT2D eigenvalue weighted by Crippen LogP contribution is -2.47. The van der Waals surface area contributed by atoms with Crippen molar-refractivity contribution >= 4 is 11.9 Å². The SMILES string of the molecule is Cc1ccc(C(O)(C(N)=O)C(=O)O)cc1. The zero-order valence-electron chi connectivity index (χ0n) is 8.10. The van der Waals surface area contributed by atoms with Gasteiger partial charge in [0.05, 0.1) is 0 Å². The summed E-state index contributed by atoms with van der Waals surface area (Å²) in [5, 5.41) is 18.4. The Labute approximate surface area is 86.1 Å². The number of carboxylic acid groups (broad SMARTS) is 1. The third-order valence-corrected chi connectivity index (χ3v) is 2.14. The first-order chi connectivity index (χ1) is 6.89. The second-order valence-electron chi connectivity index (χ2n) is 3.25. The predicted molar refractivity (Wildman–Crippen MR) is 51.9 cm³/mol. The van der Waals surface area contributed by atoms with E-state index < -0.39 is 17.5 Å². The highest BCUT2D eigenvalue weighted by Gasteiger charge is 2.44. The van der Waals surface area contributed by atoms with Gasteiger partial charge in [-0.2, -0.15) is 0 Å². The molecule has 0 saturated heterocycles. The van der Waals surface area contributed by atoms with Gasteiger partial charge < -0.3 is 15.9 Å². The van der Waals surface area contributed by atoms with E-state index in [-0.39, 0.29) is 5.56 Å². The predicted octanol–water partition coefficient (Wildman–Crippen LogP) is -0.247. The summed E-state index contributed by atoms with van der Waals surface area (Å²) in [6.07, 6.45) is 0. The van der Waals surface area contributed by atoms with Crippen LogP contribution in [0.15, 0.2) is 24.3 Å². The second kappa shape index (κ2) is 3.70. The molecule has 0 aliphatic heterocycles. The van der Waals surface area contributed by atoms with Gasteiger partial charge in [-0.25, -0.2) is 4.79 Å². The average Bonchev–Trinajstić information content (AvgIpc) is 2.17. The van der Waals surface area contributed by atoms with Gasteiger partial charge in [0.1, 0.15) is 0 Å². The van der Waals surface area contributed by atoms with E-state index in [1.165, 1.54) is 12.1 Å². The van der Waals surface area contributed by atoms with Crippen LogP contribution in [0.4, 0.5) is 0 Å². The summed E-state index contributed by atoms with van der Waals surface area (Å²) < 4.78 is 0. The van der Waals surface area contributed by atoms with Crippen LogP contribution in [0.25, 0.3) is 0 Å². The average molecular weight is 209 g/mol. The summed E-state index contributed by atoms with van der Waals surface area (Å²) >= 11 is 0. The Morgan fingerprint density at radius 1 is 1.27 bits per heavy atom. The maximum atomic E-state index is 10.9. The maximum Gasteiger partial charge on any atom is 0.350 e. The van der Waals surface area contributed by atoms with E-state index in [0.717, 1.165) is 5.56 Å². The molecule has 0 aliphatic carbocycles. The third-order valence-electron chi connectivity index (χ3n) is 2.14. The highest BCUT2D eigenvalue weighted by molar-refractivity contribution is 6.05. The molecule has 1 amide bonds. The van der Waals surface area contributed by atoms with Crippen molar-refractivity contribution in [3.63, 3.8) is 0 Å². The van der Waals surface area contributed by atoms with Crippen molar-refractivity contribution in [2.75, 3.05) is 0 Å². The molecule has 0 radical (unpaired) electrons. The Bertz CT molecular complexity index is 382. The van der Waals surface area contributed by atoms with E-state index in [4.69, 9.17) is 10.8 Å². The number of aliphatic hydroxyl groups is 1. The number of rotatable bonds is 3. The standard InChI is InChI=1S/C10H11NO4/c1-6-2-4-7(5-3-6)10(15,8(11)12)9(13)14/h2-5,15H,1H3,(H2,11,12)(H,13,14). The summed E-state index contributed by atoms with van der Waals surface area (Å²) in [4.78, 5) is 21.7. The highest BCUT2D eigenvalue weighted by Crippen LogP contribution is 2.21. The third kappa shape index (κ3) is 1.82. The van der Waals surface area contributed by atoms with Gasteiger partial charge >= 0.3 is 5.97 Å². The van der Waals surface area contributed by atoms with Crippen molar-refractivity contribution < 1.29 is 19.8 Å². The van der Waals surface area contributed by atoms with Crippen LogP contribution in [0.3, 0.4) is 0 Å². The van der Waals surface area contributed by atoms with Gasteiger partial charge in [-0.15, -0.1) is 0 Å². The van der Waals surface area contributed by atoms with Crippen LogP contribution in [-0.2, 0) is 15.2 Å². The molecule has 1 aromatic carbocycles. The summed E-state index contributed by atoms with van der Waals surface area (Å²) in [6.45, 7) is 1.80. The molecule has 5 heteroatoms. The molecule has 1 rings (SSSR count). The van der Waals surface area contributed by atoms with Crippen molar-refractivity contribution in [1.82, 2.24) is 0 Å². The first-order valence-electron chi connectivity index (χ1n) is 4.22. The largest absolute Gasteiger partial charge is 0.478 e. The zero-order valence-corrected chi connectivity index (χ0v) is 8.10. The van der Waals surface area contributed by atoms with E-state index in [2.05, 4.69) is 0 Å². The monoisotopic (exact) mass is 209 g/mol. The number of carbonyl (C=O) groups is 2. The molecule has 0 aliphatic rings. The van der Waals surface area contributed by atoms with Gasteiger partial charge in [0.25, 0.3) is 11.5 Å². The molecular weight excluding hydrogens is 198 g/mol. The Morgan fingerprint density at radius 2 is 1.73 bits per heavy atom. The molecule has 4 N–H and O–H groups in total. The van der Waals surface area contributed by atoms with Crippen molar-refractivity contribution in [2.45, 2.75) is 12.5 Å². The number of aliphatic carboxylic acids is 1. The molecule has 80 valence electrons. The van der Waals surface area contributed by atoms with Gasteiger partial charge in [0, 0.05) is 5.56 Å². The number of hydrogen-bond donors (Lipinski definition) is 3. The van der Waals surface area contributed by atoms with Gasteiger partial charge in [-0.3, -0.25) is 4.79 Å². The van der Waals surface area contributed by atoms with Crippen LogP contribution in [0, 0.1) is 6.92 Å². The minimum absolute atomic E-state index is 0.0481. The molecule has 0 spiro atoms. The Morgan fingerprint density at radius 3 is 2.07 bits per heavy atom. The molecule has 1 atom stereocenters. The number of benzene rings is 1. The number of primary amides is 1. The Hall–Kier alpha value is -1.88. The highest BCUT2D eigenvalue weighted by atomic mass is 16.4. The van der Waals surface area contributed by atoms with Crippen molar-refractivity contribution in [2.24, 2.45) is 5.73 Å². The fourth-order valence-corrected chi connectivity index (χ4v) is 1.17. The molecule has 15 heavy (non-hydrogen) atoms. The van der Waals surface area contributed by atoms with Crippen LogP contribution >= 0.6 is 0 Å². The molecule has 5 nitrogen and oxygen atoms in total. The fourth-order valence-electron chi connectivity index (χ4n) is 1.17.